The zero-order chi connectivity index (χ0) is 23.7. The minimum Gasteiger partial charge on any atom is -0.490 e. The Bertz CT molecular complexity index is 1230. The Labute approximate surface area is 205 Å². The Morgan fingerprint density at radius 1 is 1.03 bits per heavy atom. The van der Waals surface area contributed by atoms with E-state index in [1.54, 1.807) is 6.92 Å². The van der Waals surface area contributed by atoms with Gasteiger partial charge in [-0.25, -0.2) is 0 Å². The highest BCUT2D eigenvalue weighted by Gasteiger charge is 2.38. The van der Waals surface area contributed by atoms with Crippen LogP contribution in [0.3, 0.4) is 0 Å². The lowest BCUT2D eigenvalue weighted by Gasteiger charge is -2.38. The topological polar surface area (TPSA) is 47.6 Å². The van der Waals surface area contributed by atoms with Crippen molar-refractivity contribution in [2.75, 3.05) is 11.9 Å². The summed E-state index contributed by atoms with van der Waals surface area (Å²) in [7, 11) is 0. The smallest absolute Gasteiger partial charge is 0.161 e. The lowest BCUT2D eigenvalue weighted by Crippen LogP contribution is -2.29. The highest BCUT2D eigenvalue weighted by molar-refractivity contribution is 6.30. The fourth-order valence-electron chi connectivity index (χ4n) is 4.99. The number of halogens is 1. The number of hydrogen-bond acceptors (Lipinski definition) is 4. The molecular formula is C29H28ClNO3. The zero-order valence-corrected chi connectivity index (χ0v) is 20.1. The summed E-state index contributed by atoms with van der Waals surface area (Å²) in [6.45, 7) is 4.60. The molecule has 34 heavy (non-hydrogen) atoms. The molecule has 0 spiro atoms. The Balaban J connectivity index is 1.42. The van der Waals surface area contributed by atoms with Gasteiger partial charge in [-0.05, 0) is 85.3 Å². The molecule has 0 aromatic heterocycles. The Morgan fingerprint density at radius 2 is 1.85 bits per heavy atom. The van der Waals surface area contributed by atoms with Crippen molar-refractivity contribution in [2.45, 2.75) is 38.8 Å². The number of nitrogens with one attached hydrogen (secondary N) is 1. The van der Waals surface area contributed by atoms with Gasteiger partial charge in [0.15, 0.2) is 17.3 Å². The van der Waals surface area contributed by atoms with E-state index in [0.717, 1.165) is 34.7 Å². The number of rotatable bonds is 7. The molecule has 1 aliphatic carbocycles. The van der Waals surface area contributed by atoms with Crippen LogP contribution in [0.4, 0.5) is 5.69 Å². The third kappa shape index (κ3) is 4.43. The van der Waals surface area contributed by atoms with E-state index in [-0.39, 0.29) is 17.7 Å². The largest absolute Gasteiger partial charge is 0.490 e. The molecule has 0 unspecified atom stereocenters. The monoisotopic (exact) mass is 473 g/mol. The van der Waals surface area contributed by atoms with Gasteiger partial charge in [0, 0.05) is 22.2 Å². The van der Waals surface area contributed by atoms with E-state index in [9.17, 15) is 4.79 Å². The number of anilines is 1. The van der Waals surface area contributed by atoms with Gasteiger partial charge < -0.3 is 14.8 Å². The standard InChI is InChI=1S/C29H28ClNO3/c1-3-33-28-16-21(10-14-27(28)34-17-19-7-11-22(30)12-8-19)29-24-6-4-5-23(24)25-15-20(18(2)32)9-13-26(25)31-29/h4-5,7-16,23-24,29,31H,3,6,17H2,1-2H3/t23-,24+,29+/m1/s1. The summed E-state index contributed by atoms with van der Waals surface area (Å²) in [6, 6.07) is 20.0. The van der Waals surface area contributed by atoms with Crippen molar-refractivity contribution >= 4 is 23.1 Å². The van der Waals surface area contributed by atoms with Crippen LogP contribution in [0.25, 0.3) is 0 Å². The van der Waals surface area contributed by atoms with Gasteiger partial charge >= 0.3 is 0 Å². The van der Waals surface area contributed by atoms with Gasteiger partial charge in [0.2, 0.25) is 0 Å². The molecule has 1 heterocycles. The fourth-order valence-corrected chi connectivity index (χ4v) is 5.12. The van der Waals surface area contributed by atoms with Gasteiger partial charge in [-0.1, -0.05) is 42.0 Å². The average Bonchev–Trinajstić information content (AvgIpc) is 3.34. The molecule has 3 atom stereocenters. The quantitative estimate of drug-likeness (QED) is 0.288. The molecule has 2 aliphatic rings. The maximum Gasteiger partial charge on any atom is 0.161 e. The summed E-state index contributed by atoms with van der Waals surface area (Å²) >= 11 is 5.99. The third-order valence-corrected chi connectivity index (χ3v) is 6.96. The molecule has 3 aromatic rings. The van der Waals surface area contributed by atoms with Gasteiger partial charge in [-0.2, -0.15) is 0 Å². The molecule has 3 aromatic carbocycles. The minimum absolute atomic E-state index is 0.0963. The molecule has 0 saturated heterocycles. The van der Waals surface area contributed by atoms with Gasteiger partial charge in [0.25, 0.3) is 0 Å². The van der Waals surface area contributed by atoms with Crippen LogP contribution in [0, 0.1) is 5.92 Å². The number of allylic oxidation sites excluding steroid dienone is 2. The van der Waals surface area contributed by atoms with Crippen LogP contribution in [0.5, 0.6) is 11.5 Å². The lowest BCUT2D eigenvalue weighted by molar-refractivity contribution is 0.101. The van der Waals surface area contributed by atoms with Gasteiger partial charge in [-0.15, -0.1) is 0 Å². The Kier molecular flexibility index (Phi) is 6.34. The Morgan fingerprint density at radius 3 is 2.62 bits per heavy atom. The molecular weight excluding hydrogens is 446 g/mol. The predicted octanol–water partition coefficient (Wildman–Crippen LogP) is 7.35. The van der Waals surface area contributed by atoms with Crippen LogP contribution in [0.1, 0.15) is 59.3 Å². The van der Waals surface area contributed by atoms with E-state index < -0.39 is 0 Å². The van der Waals surface area contributed by atoms with Crippen molar-refractivity contribution in [3.63, 3.8) is 0 Å². The number of carbonyl (C=O) groups is 1. The molecule has 0 bridgehead atoms. The van der Waals surface area contributed by atoms with Crippen molar-refractivity contribution in [1.29, 1.82) is 0 Å². The SMILES string of the molecule is CCOc1cc([C@@H]2Nc3ccc(C(C)=O)cc3[C@@H]3C=CC[C@@H]32)ccc1OCc1ccc(Cl)cc1. The number of ketones is 1. The van der Waals surface area contributed by atoms with Crippen molar-refractivity contribution in [2.24, 2.45) is 5.92 Å². The molecule has 0 amide bonds. The number of fused-ring (bicyclic) bond motifs is 3. The second-order valence-electron chi connectivity index (χ2n) is 8.89. The summed E-state index contributed by atoms with van der Waals surface area (Å²) in [6.07, 6.45) is 5.53. The van der Waals surface area contributed by atoms with E-state index >= 15 is 0 Å². The summed E-state index contributed by atoms with van der Waals surface area (Å²) in [5.74, 6) is 2.24. The van der Waals surface area contributed by atoms with Crippen molar-refractivity contribution < 1.29 is 14.3 Å². The predicted molar refractivity (Wildman–Crippen MR) is 136 cm³/mol. The van der Waals surface area contributed by atoms with Crippen molar-refractivity contribution in [3.8, 4) is 11.5 Å². The van der Waals surface area contributed by atoms with Gasteiger partial charge in [0.1, 0.15) is 6.61 Å². The van der Waals surface area contributed by atoms with E-state index in [2.05, 4.69) is 29.6 Å². The normalized spacial score (nSPS) is 20.3. The van der Waals surface area contributed by atoms with E-state index in [1.807, 2.05) is 55.5 Å². The first kappa shape index (κ1) is 22.5. The van der Waals surface area contributed by atoms with Crippen LogP contribution in [-0.2, 0) is 6.61 Å². The first-order valence-corrected chi connectivity index (χ1v) is 12.1. The van der Waals surface area contributed by atoms with Crippen LogP contribution in [0.2, 0.25) is 5.02 Å². The number of benzene rings is 3. The molecule has 174 valence electrons. The molecule has 1 N–H and O–H groups in total. The van der Waals surface area contributed by atoms with Crippen LogP contribution < -0.4 is 14.8 Å². The number of hydrogen-bond donors (Lipinski definition) is 1. The zero-order valence-electron chi connectivity index (χ0n) is 19.4. The molecule has 0 saturated carbocycles. The first-order chi connectivity index (χ1) is 16.5. The lowest BCUT2D eigenvalue weighted by atomic mass is 9.76. The number of Topliss-reactive ketones (excluding diaryl/α,β-unsaturated/α-hetero) is 1. The highest BCUT2D eigenvalue weighted by atomic mass is 35.5. The van der Waals surface area contributed by atoms with Crippen LogP contribution >= 0.6 is 11.6 Å². The van der Waals surface area contributed by atoms with Crippen LogP contribution in [-0.4, -0.2) is 12.4 Å². The molecule has 5 rings (SSSR count). The first-order valence-electron chi connectivity index (χ1n) is 11.8. The number of carbonyl (C=O) groups excluding carboxylic acids is 1. The third-order valence-electron chi connectivity index (χ3n) is 6.70. The average molecular weight is 474 g/mol. The molecule has 0 radical (unpaired) electrons. The molecule has 4 nitrogen and oxygen atoms in total. The van der Waals surface area contributed by atoms with E-state index in [4.69, 9.17) is 21.1 Å². The maximum atomic E-state index is 11.9. The summed E-state index contributed by atoms with van der Waals surface area (Å²) in [5, 5.41) is 4.45. The fraction of sp³-hybridized carbons (Fsp3) is 0.276. The second-order valence-corrected chi connectivity index (χ2v) is 9.32. The van der Waals surface area contributed by atoms with Gasteiger partial charge in [-0.3, -0.25) is 4.79 Å². The van der Waals surface area contributed by atoms with Gasteiger partial charge in [0.05, 0.1) is 12.6 Å². The van der Waals surface area contributed by atoms with E-state index in [0.29, 0.717) is 24.2 Å². The molecule has 1 aliphatic heterocycles. The van der Waals surface area contributed by atoms with Crippen molar-refractivity contribution in [1.82, 2.24) is 0 Å². The van der Waals surface area contributed by atoms with Crippen LogP contribution in [0.15, 0.2) is 72.8 Å². The van der Waals surface area contributed by atoms with E-state index in [1.165, 1.54) is 11.1 Å². The summed E-state index contributed by atoms with van der Waals surface area (Å²) < 4.78 is 12.1. The second kappa shape index (κ2) is 9.55. The number of ether oxygens (including phenoxy) is 2. The minimum atomic E-state index is 0.0963. The summed E-state index contributed by atoms with van der Waals surface area (Å²) in [5.41, 5.74) is 5.27. The molecule has 5 heteroatoms. The Hall–Kier alpha value is -3.24. The highest BCUT2D eigenvalue weighted by Crippen LogP contribution is 2.50. The summed E-state index contributed by atoms with van der Waals surface area (Å²) in [4.78, 5) is 11.9. The van der Waals surface area contributed by atoms with Crippen molar-refractivity contribution in [3.05, 3.63) is 100 Å². The maximum absolute atomic E-state index is 11.9. The molecule has 0 fully saturated rings.